The molecule has 0 atom stereocenters. The van der Waals surface area contributed by atoms with Crippen molar-refractivity contribution in [2.24, 2.45) is 0 Å². The minimum absolute atomic E-state index is 0.294. The first-order valence-electron chi connectivity index (χ1n) is 4.40. The first-order valence-corrected chi connectivity index (χ1v) is 6.31. The van der Waals surface area contributed by atoms with Crippen LogP contribution in [0, 0.1) is 0 Å². The molecule has 0 spiro atoms. The summed E-state index contributed by atoms with van der Waals surface area (Å²) in [6.07, 6.45) is 4.84. The highest BCUT2D eigenvalue weighted by Crippen LogP contribution is 2.17. The fraction of sp³-hybridized carbons (Fsp3) is 0.182. The van der Waals surface area contributed by atoms with Crippen LogP contribution in [0.2, 0.25) is 0 Å². The topological polar surface area (TPSA) is 37.3 Å². The molecule has 80 valence electrons. The number of carbonyl (C=O) groups is 1. The molecule has 0 heterocycles. The molecule has 0 unspecified atom stereocenters. The van der Waals surface area contributed by atoms with E-state index in [4.69, 9.17) is 5.11 Å². The summed E-state index contributed by atoms with van der Waals surface area (Å²) in [5, 5.41) is 9.76. The third kappa shape index (κ3) is 4.18. The predicted molar refractivity (Wildman–Crippen MR) is 68.5 cm³/mol. The highest BCUT2D eigenvalue weighted by Gasteiger charge is 2.04. The maximum atomic E-state index is 10.8. The first-order chi connectivity index (χ1) is 7.13. The SMILES string of the molecule is O=C(O)c1cc(Br)cc(C=CCCBr)c1. The summed E-state index contributed by atoms with van der Waals surface area (Å²) in [6.45, 7) is 0. The van der Waals surface area contributed by atoms with Crippen molar-refractivity contribution in [3.63, 3.8) is 0 Å². The van der Waals surface area contributed by atoms with Gasteiger partial charge in [-0.15, -0.1) is 0 Å². The zero-order valence-corrected chi connectivity index (χ0v) is 11.1. The van der Waals surface area contributed by atoms with Crippen LogP contribution >= 0.6 is 31.9 Å². The summed E-state index contributed by atoms with van der Waals surface area (Å²) in [6, 6.07) is 5.12. The Labute approximate surface area is 105 Å². The van der Waals surface area contributed by atoms with E-state index in [2.05, 4.69) is 31.9 Å². The second kappa shape index (κ2) is 6.08. The summed E-state index contributed by atoms with van der Waals surface area (Å²) in [5.74, 6) is -0.911. The van der Waals surface area contributed by atoms with Crippen molar-refractivity contribution in [1.29, 1.82) is 0 Å². The zero-order chi connectivity index (χ0) is 11.3. The summed E-state index contributed by atoms with van der Waals surface area (Å²) < 4.78 is 0.779. The van der Waals surface area contributed by atoms with E-state index in [1.54, 1.807) is 12.1 Å². The average Bonchev–Trinajstić information content (AvgIpc) is 2.17. The summed E-state index contributed by atoms with van der Waals surface area (Å²) in [4.78, 5) is 10.8. The smallest absolute Gasteiger partial charge is 0.335 e. The van der Waals surface area contributed by atoms with Gasteiger partial charge in [-0.25, -0.2) is 4.79 Å². The molecule has 2 nitrogen and oxygen atoms in total. The van der Waals surface area contributed by atoms with Crippen molar-refractivity contribution < 1.29 is 9.90 Å². The standard InChI is InChI=1S/C11H10Br2O2/c12-4-2-1-3-8-5-9(11(14)15)7-10(13)6-8/h1,3,5-7H,2,4H2,(H,14,15). The van der Waals surface area contributed by atoms with E-state index >= 15 is 0 Å². The lowest BCUT2D eigenvalue weighted by Gasteiger charge is -1.99. The Morgan fingerprint density at radius 2 is 2.13 bits per heavy atom. The van der Waals surface area contributed by atoms with Crippen LogP contribution in [0.4, 0.5) is 0 Å². The van der Waals surface area contributed by atoms with Crippen LogP contribution in [0.5, 0.6) is 0 Å². The molecule has 0 aliphatic rings. The molecule has 1 aromatic carbocycles. The molecule has 15 heavy (non-hydrogen) atoms. The zero-order valence-electron chi connectivity index (χ0n) is 7.91. The van der Waals surface area contributed by atoms with Gasteiger partial charge in [0.1, 0.15) is 0 Å². The molecule has 1 N–H and O–H groups in total. The van der Waals surface area contributed by atoms with Gasteiger partial charge in [0.05, 0.1) is 5.56 Å². The second-order valence-corrected chi connectivity index (χ2v) is 4.67. The predicted octanol–water partition coefficient (Wildman–Crippen LogP) is 3.95. The van der Waals surface area contributed by atoms with Crippen molar-refractivity contribution in [3.05, 3.63) is 39.9 Å². The Bertz CT molecular complexity index is 386. The summed E-state index contributed by atoms with van der Waals surface area (Å²) in [5.41, 5.74) is 1.19. The summed E-state index contributed by atoms with van der Waals surface area (Å²) in [7, 11) is 0. The molecule has 0 saturated carbocycles. The first kappa shape index (κ1) is 12.5. The van der Waals surface area contributed by atoms with E-state index in [-0.39, 0.29) is 0 Å². The molecular formula is C11H10Br2O2. The number of alkyl halides is 1. The van der Waals surface area contributed by atoms with E-state index in [0.717, 1.165) is 21.8 Å². The molecule has 0 aliphatic heterocycles. The highest BCUT2D eigenvalue weighted by molar-refractivity contribution is 9.10. The Morgan fingerprint density at radius 3 is 2.73 bits per heavy atom. The molecular weight excluding hydrogens is 324 g/mol. The monoisotopic (exact) mass is 332 g/mol. The lowest BCUT2D eigenvalue weighted by molar-refractivity contribution is 0.0697. The van der Waals surface area contributed by atoms with E-state index in [1.165, 1.54) is 0 Å². The lowest BCUT2D eigenvalue weighted by Crippen LogP contribution is -1.96. The van der Waals surface area contributed by atoms with Crippen LogP contribution in [-0.2, 0) is 0 Å². The quantitative estimate of drug-likeness (QED) is 0.847. The number of carboxylic acids is 1. The lowest BCUT2D eigenvalue weighted by atomic mass is 10.1. The maximum Gasteiger partial charge on any atom is 0.335 e. The molecule has 0 bridgehead atoms. The third-order valence-corrected chi connectivity index (χ3v) is 2.67. The van der Waals surface area contributed by atoms with Gasteiger partial charge in [0.15, 0.2) is 0 Å². The molecule has 0 amide bonds. The second-order valence-electron chi connectivity index (χ2n) is 2.96. The number of aromatic carboxylic acids is 1. The van der Waals surface area contributed by atoms with Crippen LogP contribution in [0.3, 0.4) is 0 Å². The Balaban J connectivity index is 2.93. The minimum atomic E-state index is -0.911. The van der Waals surface area contributed by atoms with Crippen molar-refractivity contribution in [1.82, 2.24) is 0 Å². The van der Waals surface area contributed by atoms with Crippen molar-refractivity contribution in [2.45, 2.75) is 6.42 Å². The van der Waals surface area contributed by atoms with Gasteiger partial charge in [-0.2, -0.15) is 0 Å². The highest BCUT2D eigenvalue weighted by atomic mass is 79.9. The van der Waals surface area contributed by atoms with E-state index < -0.39 is 5.97 Å². The number of benzene rings is 1. The molecule has 0 aromatic heterocycles. The van der Waals surface area contributed by atoms with Gasteiger partial charge in [0.2, 0.25) is 0 Å². The van der Waals surface area contributed by atoms with Gasteiger partial charge in [0.25, 0.3) is 0 Å². The van der Waals surface area contributed by atoms with E-state index in [0.29, 0.717) is 5.56 Å². The van der Waals surface area contributed by atoms with Gasteiger partial charge >= 0.3 is 5.97 Å². The third-order valence-electron chi connectivity index (χ3n) is 1.75. The van der Waals surface area contributed by atoms with Crippen LogP contribution in [0.15, 0.2) is 28.7 Å². The Hall–Kier alpha value is -0.610. The normalized spacial score (nSPS) is 10.8. The van der Waals surface area contributed by atoms with Crippen molar-refractivity contribution in [3.8, 4) is 0 Å². The van der Waals surface area contributed by atoms with Gasteiger partial charge in [0, 0.05) is 9.80 Å². The fourth-order valence-electron chi connectivity index (χ4n) is 1.11. The largest absolute Gasteiger partial charge is 0.478 e. The number of hydrogen-bond donors (Lipinski definition) is 1. The fourth-order valence-corrected chi connectivity index (χ4v) is 1.89. The number of allylic oxidation sites excluding steroid dienone is 1. The van der Waals surface area contributed by atoms with Crippen LogP contribution in [0.25, 0.3) is 6.08 Å². The number of rotatable bonds is 4. The molecule has 0 radical (unpaired) electrons. The van der Waals surface area contributed by atoms with Gasteiger partial charge < -0.3 is 5.11 Å². The molecule has 0 aliphatic carbocycles. The molecule has 1 aromatic rings. The van der Waals surface area contributed by atoms with Crippen molar-refractivity contribution >= 4 is 43.9 Å². The number of halogens is 2. The molecule has 0 saturated heterocycles. The summed E-state index contributed by atoms with van der Waals surface area (Å²) >= 11 is 6.60. The average molecular weight is 334 g/mol. The van der Waals surface area contributed by atoms with Gasteiger partial charge in [-0.05, 0) is 30.2 Å². The number of hydrogen-bond acceptors (Lipinski definition) is 1. The maximum absolute atomic E-state index is 10.8. The van der Waals surface area contributed by atoms with E-state index in [1.807, 2.05) is 18.2 Å². The van der Waals surface area contributed by atoms with Crippen LogP contribution in [-0.4, -0.2) is 16.4 Å². The Kier molecular flexibility index (Phi) is 5.05. The van der Waals surface area contributed by atoms with Crippen molar-refractivity contribution in [2.75, 3.05) is 5.33 Å². The molecule has 4 heteroatoms. The van der Waals surface area contributed by atoms with Gasteiger partial charge in [-0.3, -0.25) is 0 Å². The van der Waals surface area contributed by atoms with E-state index in [9.17, 15) is 4.79 Å². The minimum Gasteiger partial charge on any atom is -0.478 e. The van der Waals surface area contributed by atoms with Crippen LogP contribution < -0.4 is 0 Å². The Morgan fingerprint density at radius 1 is 1.40 bits per heavy atom. The van der Waals surface area contributed by atoms with Gasteiger partial charge in [-0.1, -0.05) is 44.0 Å². The number of carboxylic acid groups (broad SMARTS) is 1. The molecule has 1 rings (SSSR count). The molecule has 0 fully saturated rings. The van der Waals surface area contributed by atoms with Crippen LogP contribution in [0.1, 0.15) is 22.3 Å².